The molecule has 2 aliphatic rings. The number of piperazine rings is 1. The summed E-state index contributed by atoms with van der Waals surface area (Å²) in [6, 6.07) is 0.732. The van der Waals surface area contributed by atoms with Crippen LogP contribution in [0.5, 0.6) is 0 Å². The first-order valence-electron chi connectivity index (χ1n) is 7.83. The quantitative estimate of drug-likeness (QED) is 0.838. The van der Waals surface area contributed by atoms with E-state index >= 15 is 0 Å². The van der Waals surface area contributed by atoms with E-state index in [1.807, 2.05) is 11.8 Å². The van der Waals surface area contributed by atoms with E-state index in [9.17, 15) is 4.79 Å². The van der Waals surface area contributed by atoms with Crippen molar-refractivity contribution in [1.82, 2.24) is 19.6 Å². The van der Waals surface area contributed by atoms with Gasteiger partial charge in [-0.3, -0.25) is 14.4 Å². The van der Waals surface area contributed by atoms with E-state index < -0.39 is 0 Å². The highest BCUT2D eigenvalue weighted by Gasteiger charge is 2.37. The zero-order valence-electron chi connectivity index (χ0n) is 13.2. The van der Waals surface area contributed by atoms with Crippen LogP contribution in [-0.4, -0.2) is 57.2 Å². The Morgan fingerprint density at radius 1 is 1.33 bits per heavy atom. The number of nitrogens with zero attached hydrogens (tertiary/aromatic N) is 4. The number of carbonyl (C=O) groups excluding carboxylic acids is 1. The van der Waals surface area contributed by atoms with Crippen molar-refractivity contribution in [1.29, 1.82) is 0 Å². The molecule has 0 saturated carbocycles. The standard InChI is InChI=1S/C15H25N5O/c1-10-8-19-7-5-4-6-12(19)9-20(10)15(21)14-13(16)11(2)17-18(14)3/h10,12H,4-9,16H2,1-3H3. The van der Waals surface area contributed by atoms with Crippen molar-refractivity contribution in [3.05, 3.63) is 11.4 Å². The molecule has 2 unspecified atom stereocenters. The molecule has 2 aliphatic heterocycles. The van der Waals surface area contributed by atoms with Crippen LogP contribution in [0.15, 0.2) is 0 Å². The number of aryl methyl sites for hydroxylation is 2. The van der Waals surface area contributed by atoms with Crippen LogP contribution in [0.1, 0.15) is 42.4 Å². The van der Waals surface area contributed by atoms with Crippen molar-refractivity contribution in [3.63, 3.8) is 0 Å². The van der Waals surface area contributed by atoms with Crippen molar-refractivity contribution < 1.29 is 4.79 Å². The highest BCUT2D eigenvalue weighted by atomic mass is 16.2. The Labute approximate surface area is 125 Å². The second-order valence-electron chi connectivity index (χ2n) is 6.42. The lowest BCUT2D eigenvalue weighted by Crippen LogP contribution is -2.60. The highest BCUT2D eigenvalue weighted by Crippen LogP contribution is 2.26. The second-order valence-corrected chi connectivity index (χ2v) is 6.42. The first-order valence-corrected chi connectivity index (χ1v) is 7.83. The molecule has 3 rings (SSSR count). The fourth-order valence-electron chi connectivity index (χ4n) is 3.70. The number of rotatable bonds is 1. The Hall–Kier alpha value is -1.56. The van der Waals surface area contributed by atoms with Crippen LogP contribution < -0.4 is 5.73 Å². The molecule has 6 nitrogen and oxygen atoms in total. The highest BCUT2D eigenvalue weighted by molar-refractivity contribution is 5.98. The molecule has 116 valence electrons. The lowest BCUT2D eigenvalue weighted by Gasteiger charge is -2.47. The number of fused-ring (bicyclic) bond motifs is 1. The molecule has 0 radical (unpaired) electrons. The predicted octanol–water partition coefficient (Wildman–Crippen LogP) is 1.01. The minimum Gasteiger partial charge on any atom is -0.395 e. The molecule has 0 bridgehead atoms. The van der Waals surface area contributed by atoms with Crippen molar-refractivity contribution in [2.45, 2.75) is 45.2 Å². The van der Waals surface area contributed by atoms with Gasteiger partial charge >= 0.3 is 0 Å². The number of carbonyl (C=O) groups is 1. The number of nitrogen functional groups attached to an aromatic ring is 1. The van der Waals surface area contributed by atoms with Crippen LogP contribution in [0.2, 0.25) is 0 Å². The van der Waals surface area contributed by atoms with E-state index in [1.54, 1.807) is 11.7 Å². The number of nitrogens with two attached hydrogens (primary N) is 1. The van der Waals surface area contributed by atoms with Crippen molar-refractivity contribution in [2.75, 3.05) is 25.4 Å². The van der Waals surface area contributed by atoms with Gasteiger partial charge in [0, 0.05) is 32.2 Å². The fourth-order valence-corrected chi connectivity index (χ4v) is 3.70. The summed E-state index contributed by atoms with van der Waals surface area (Å²) >= 11 is 0. The van der Waals surface area contributed by atoms with Gasteiger partial charge in [-0.05, 0) is 33.2 Å². The molecule has 0 aromatic carbocycles. The van der Waals surface area contributed by atoms with E-state index in [1.165, 1.54) is 25.8 Å². The summed E-state index contributed by atoms with van der Waals surface area (Å²) in [5.41, 5.74) is 7.82. The predicted molar refractivity (Wildman–Crippen MR) is 82.1 cm³/mol. The van der Waals surface area contributed by atoms with E-state index in [-0.39, 0.29) is 11.9 Å². The maximum Gasteiger partial charge on any atom is 0.274 e. The summed E-state index contributed by atoms with van der Waals surface area (Å²) in [6.07, 6.45) is 3.74. The van der Waals surface area contributed by atoms with Gasteiger partial charge in [-0.15, -0.1) is 0 Å². The van der Waals surface area contributed by atoms with Crippen LogP contribution in [-0.2, 0) is 7.05 Å². The van der Waals surface area contributed by atoms with Gasteiger partial charge in [-0.1, -0.05) is 6.42 Å². The number of amides is 1. The summed E-state index contributed by atoms with van der Waals surface area (Å²) in [5.74, 6) is 0.0216. The summed E-state index contributed by atoms with van der Waals surface area (Å²) < 4.78 is 1.62. The normalized spacial score (nSPS) is 26.7. The molecule has 1 aromatic rings. The van der Waals surface area contributed by atoms with Crippen molar-refractivity contribution in [3.8, 4) is 0 Å². The van der Waals surface area contributed by atoms with Crippen LogP contribution in [0.25, 0.3) is 0 Å². The topological polar surface area (TPSA) is 67.4 Å². The average Bonchev–Trinajstić information content (AvgIpc) is 2.70. The Morgan fingerprint density at radius 3 is 2.76 bits per heavy atom. The molecule has 0 aliphatic carbocycles. The van der Waals surface area contributed by atoms with Crippen molar-refractivity contribution in [2.24, 2.45) is 7.05 Å². The van der Waals surface area contributed by atoms with Crippen LogP contribution >= 0.6 is 0 Å². The van der Waals surface area contributed by atoms with E-state index in [4.69, 9.17) is 5.73 Å². The molecule has 2 saturated heterocycles. The molecule has 21 heavy (non-hydrogen) atoms. The van der Waals surface area contributed by atoms with Gasteiger partial charge in [-0.2, -0.15) is 5.10 Å². The molecule has 6 heteroatoms. The molecule has 3 heterocycles. The average molecular weight is 291 g/mol. The second kappa shape index (κ2) is 5.33. The molecule has 0 spiro atoms. The van der Waals surface area contributed by atoms with E-state index in [2.05, 4.69) is 16.9 Å². The largest absolute Gasteiger partial charge is 0.395 e. The van der Waals surface area contributed by atoms with Gasteiger partial charge in [-0.25, -0.2) is 0 Å². The molecule has 2 atom stereocenters. The number of anilines is 1. The molecule has 2 N–H and O–H groups in total. The van der Waals surface area contributed by atoms with E-state index in [0.29, 0.717) is 17.4 Å². The van der Waals surface area contributed by atoms with Crippen LogP contribution in [0.4, 0.5) is 5.69 Å². The zero-order chi connectivity index (χ0) is 15.1. The smallest absolute Gasteiger partial charge is 0.274 e. The maximum atomic E-state index is 12.9. The van der Waals surface area contributed by atoms with Gasteiger partial charge < -0.3 is 10.6 Å². The zero-order valence-corrected chi connectivity index (χ0v) is 13.2. The monoisotopic (exact) mass is 291 g/mol. The van der Waals surface area contributed by atoms with Gasteiger partial charge in [0.1, 0.15) is 5.69 Å². The summed E-state index contributed by atoms with van der Waals surface area (Å²) in [7, 11) is 1.79. The summed E-state index contributed by atoms with van der Waals surface area (Å²) in [5, 5.41) is 4.27. The third-order valence-electron chi connectivity index (χ3n) is 4.92. The van der Waals surface area contributed by atoms with Gasteiger partial charge in [0.05, 0.1) is 11.4 Å². The summed E-state index contributed by atoms with van der Waals surface area (Å²) in [6.45, 7) is 6.91. The molecule has 1 aromatic heterocycles. The molecular formula is C15H25N5O. The third-order valence-corrected chi connectivity index (χ3v) is 4.92. The number of piperidine rings is 1. The number of hydrogen-bond donors (Lipinski definition) is 1. The fraction of sp³-hybridized carbons (Fsp3) is 0.733. The minimum absolute atomic E-state index is 0.0216. The summed E-state index contributed by atoms with van der Waals surface area (Å²) in [4.78, 5) is 17.4. The lowest BCUT2D eigenvalue weighted by atomic mass is 9.97. The minimum atomic E-state index is 0.0216. The Bertz CT molecular complexity index is 553. The third kappa shape index (κ3) is 2.41. The molecular weight excluding hydrogens is 266 g/mol. The van der Waals surface area contributed by atoms with Crippen LogP contribution in [0, 0.1) is 6.92 Å². The number of aromatic nitrogens is 2. The number of hydrogen-bond acceptors (Lipinski definition) is 4. The molecule has 2 fully saturated rings. The first-order chi connectivity index (χ1) is 9.99. The van der Waals surface area contributed by atoms with E-state index in [0.717, 1.165) is 18.8 Å². The maximum absolute atomic E-state index is 12.9. The Kier molecular flexibility index (Phi) is 3.65. The lowest BCUT2D eigenvalue weighted by molar-refractivity contribution is 0.0145. The van der Waals surface area contributed by atoms with Gasteiger partial charge in [0.2, 0.25) is 0 Å². The SMILES string of the molecule is Cc1nn(C)c(C(=O)N2CC3CCCCN3CC2C)c1N. The van der Waals surface area contributed by atoms with Gasteiger partial charge in [0.25, 0.3) is 5.91 Å². The van der Waals surface area contributed by atoms with Gasteiger partial charge in [0.15, 0.2) is 0 Å². The first kappa shape index (κ1) is 14.4. The Balaban J connectivity index is 1.84. The Morgan fingerprint density at radius 2 is 2.10 bits per heavy atom. The molecule has 1 amide bonds. The van der Waals surface area contributed by atoms with Crippen molar-refractivity contribution >= 4 is 11.6 Å². The van der Waals surface area contributed by atoms with Crippen LogP contribution in [0.3, 0.4) is 0 Å².